The SMILES string of the molecule is CC1CCNCC1NC(=O)c1cccc2c1OCCO2.Cl. The molecule has 2 N–H and O–H groups in total. The van der Waals surface area contributed by atoms with Gasteiger partial charge in [0.2, 0.25) is 0 Å². The first kappa shape index (κ1) is 15.9. The van der Waals surface area contributed by atoms with Gasteiger partial charge in [-0.3, -0.25) is 4.79 Å². The lowest BCUT2D eigenvalue weighted by atomic mass is 9.94. The number of amides is 1. The second-order valence-electron chi connectivity index (χ2n) is 5.38. The number of carbonyl (C=O) groups is 1. The van der Waals surface area contributed by atoms with E-state index in [1.165, 1.54) is 0 Å². The van der Waals surface area contributed by atoms with Gasteiger partial charge in [-0.2, -0.15) is 0 Å². The average Bonchev–Trinajstić information content (AvgIpc) is 2.49. The maximum Gasteiger partial charge on any atom is 0.255 e. The summed E-state index contributed by atoms with van der Waals surface area (Å²) in [4.78, 5) is 12.5. The fourth-order valence-electron chi connectivity index (χ4n) is 2.68. The Balaban J connectivity index is 0.00000161. The minimum absolute atomic E-state index is 0. The summed E-state index contributed by atoms with van der Waals surface area (Å²) in [5, 5.41) is 6.41. The van der Waals surface area contributed by atoms with Gasteiger partial charge in [-0.15, -0.1) is 12.4 Å². The number of rotatable bonds is 2. The molecular formula is C15H21ClN2O3. The molecule has 2 atom stereocenters. The van der Waals surface area contributed by atoms with E-state index in [4.69, 9.17) is 9.47 Å². The lowest BCUT2D eigenvalue weighted by molar-refractivity contribution is 0.0904. The molecule has 2 aliphatic heterocycles. The van der Waals surface area contributed by atoms with E-state index >= 15 is 0 Å². The van der Waals surface area contributed by atoms with E-state index in [0.717, 1.165) is 19.5 Å². The summed E-state index contributed by atoms with van der Waals surface area (Å²) >= 11 is 0. The van der Waals surface area contributed by atoms with E-state index in [-0.39, 0.29) is 24.4 Å². The van der Waals surface area contributed by atoms with Gasteiger partial charge in [0.15, 0.2) is 11.5 Å². The molecule has 1 aromatic carbocycles. The van der Waals surface area contributed by atoms with Crippen molar-refractivity contribution < 1.29 is 14.3 Å². The number of carbonyl (C=O) groups excluding carboxylic acids is 1. The number of hydrogen-bond donors (Lipinski definition) is 2. The molecule has 3 rings (SSSR count). The largest absolute Gasteiger partial charge is 0.486 e. The fourth-order valence-corrected chi connectivity index (χ4v) is 2.68. The van der Waals surface area contributed by atoms with Crippen LogP contribution in [-0.2, 0) is 0 Å². The number of para-hydroxylation sites is 1. The van der Waals surface area contributed by atoms with Gasteiger partial charge in [-0.25, -0.2) is 0 Å². The van der Waals surface area contributed by atoms with Crippen molar-refractivity contribution in [2.75, 3.05) is 26.3 Å². The summed E-state index contributed by atoms with van der Waals surface area (Å²) in [6, 6.07) is 5.60. The first-order chi connectivity index (χ1) is 9.75. The number of halogens is 1. The zero-order valence-corrected chi connectivity index (χ0v) is 12.9. The maximum atomic E-state index is 12.5. The van der Waals surface area contributed by atoms with E-state index < -0.39 is 0 Å². The van der Waals surface area contributed by atoms with Crippen molar-refractivity contribution in [2.45, 2.75) is 19.4 Å². The van der Waals surface area contributed by atoms with Crippen LogP contribution in [0, 0.1) is 5.92 Å². The van der Waals surface area contributed by atoms with Crippen LogP contribution < -0.4 is 20.1 Å². The number of fused-ring (bicyclic) bond motifs is 1. The zero-order chi connectivity index (χ0) is 13.9. The Labute approximate surface area is 130 Å². The zero-order valence-electron chi connectivity index (χ0n) is 12.1. The molecule has 2 heterocycles. The molecule has 1 amide bonds. The van der Waals surface area contributed by atoms with Gasteiger partial charge in [0.1, 0.15) is 13.2 Å². The van der Waals surface area contributed by atoms with Crippen LogP contribution in [0.15, 0.2) is 18.2 Å². The molecule has 1 aromatic rings. The lowest BCUT2D eigenvalue weighted by Gasteiger charge is -2.30. The summed E-state index contributed by atoms with van der Waals surface area (Å²) in [6.07, 6.45) is 1.08. The standard InChI is InChI=1S/C15H20N2O3.ClH/c1-10-5-6-16-9-12(10)17-15(18)11-3-2-4-13-14(11)20-8-7-19-13;/h2-4,10,12,16H,5-9H2,1H3,(H,17,18);1H. The molecule has 0 saturated carbocycles. The molecule has 1 saturated heterocycles. The lowest BCUT2D eigenvalue weighted by Crippen LogP contribution is -2.50. The summed E-state index contributed by atoms with van der Waals surface area (Å²) in [5.41, 5.74) is 0.556. The first-order valence-corrected chi connectivity index (χ1v) is 7.16. The number of piperidine rings is 1. The Kier molecular flexibility index (Phi) is 5.31. The number of nitrogens with one attached hydrogen (secondary N) is 2. The molecule has 5 nitrogen and oxygen atoms in total. The van der Waals surface area contributed by atoms with Crippen LogP contribution in [0.4, 0.5) is 0 Å². The summed E-state index contributed by atoms with van der Waals surface area (Å²) in [5.74, 6) is 1.61. The predicted molar refractivity (Wildman–Crippen MR) is 82.6 cm³/mol. The van der Waals surface area contributed by atoms with Crippen LogP contribution in [0.5, 0.6) is 11.5 Å². The molecule has 1 fully saturated rings. The second kappa shape index (κ2) is 7.00. The quantitative estimate of drug-likeness (QED) is 0.871. The van der Waals surface area contributed by atoms with Gasteiger partial charge in [-0.05, 0) is 31.0 Å². The van der Waals surface area contributed by atoms with Gasteiger partial charge >= 0.3 is 0 Å². The van der Waals surface area contributed by atoms with Crippen molar-refractivity contribution in [1.29, 1.82) is 0 Å². The normalized spacial score (nSPS) is 23.9. The topological polar surface area (TPSA) is 59.6 Å². The van der Waals surface area contributed by atoms with Crippen molar-refractivity contribution in [2.24, 2.45) is 5.92 Å². The molecule has 0 aliphatic carbocycles. The van der Waals surface area contributed by atoms with E-state index in [1.54, 1.807) is 6.07 Å². The minimum Gasteiger partial charge on any atom is -0.486 e. The van der Waals surface area contributed by atoms with Crippen LogP contribution in [0.3, 0.4) is 0 Å². The third-order valence-electron chi connectivity index (χ3n) is 3.95. The smallest absolute Gasteiger partial charge is 0.255 e. The third-order valence-corrected chi connectivity index (χ3v) is 3.95. The maximum absolute atomic E-state index is 12.5. The van der Waals surface area contributed by atoms with Gasteiger partial charge in [0, 0.05) is 12.6 Å². The predicted octanol–water partition coefficient (Wildman–Crippen LogP) is 1.61. The molecule has 6 heteroatoms. The highest BCUT2D eigenvalue weighted by Gasteiger charge is 2.26. The molecular weight excluding hydrogens is 292 g/mol. The van der Waals surface area contributed by atoms with Gasteiger partial charge in [0.25, 0.3) is 5.91 Å². The van der Waals surface area contributed by atoms with Gasteiger partial charge in [0.05, 0.1) is 5.56 Å². The van der Waals surface area contributed by atoms with E-state index in [9.17, 15) is 4.79 Å². The fraction of sp³-hybridized carbons (Fsp3) is 0.533. The number of hydrogen-bond acceptors (Lipinski definition) is 4. The minimum atomic E-state index is -0.0899. The number of benzene rings is 1. The van der Waals surface area contributed by atoms with Crippen LogP contribution >= 0.6 is 12.4 Å². The molecule has 21 heavy (non-hydrogen) atoms. The van der Waals surface area contributed by atoms with Crippen LogP contribution in [-0.4, -0.2) is 38.3 Å². The van der Waals surface area contributed by atoms with E-state index in [2.05, 4.69) is 17.6 Å². The van der Waals surface area contributed by atoms with Crippen molar-refractivity contribution >= 4 is 18.3 Å². The highest BCUT2D eigenvalue weighted by molar-refractivity contribution is 5.98. The van der Waals surface area contributed by atoms with Gasteiger partial charge in [-0.1, -0.05) is 13.0 Å². The van der Waals surface area contributed by atoms with Crippen LogP contribution in [0.25, 0.3) is 0 Å². The molecule has 0 spiro atoms. The Hall–Kier alpha value is -1.46. The average molecular weight is 313 g/mol. The van der Waals surface area contributed by atoms with Crippen LogP contribution in [0.1, 0.15) is 23.7 Å². The molecule has 2 aliphatic rings. The van der Waals surface area contributed by atoms with Crippen molar-refractivity contribution in [1.82, 2.24) is 10.6 Å². The summed E-state index contributed by atoms with van der Waals surface area (Å²) in [7, 11) is 0. The highest BCUT2D eigenvalue weighted by atomic mass is 35.5. The highest BCUT2D eigenvalue weighted by Crippen LogP contribution is 2.33. The van der Waals surface area contributed by atoms with E-state index in [1.807, 2.05) is 12.1 Å². The Morgan fingerprint density at radius 1 is 1.33 bits per heavy atom. The Morgan fingerprint density at radius 3 is 2.95 bits per heavy atom. The molecule has 2 unspecified atom stereocenters. The molecule has 116 valence electrons. The summed E-state index contributed by atoms with van der Waals surface area (Å²) in [6.45, 7) is 5.02. The van der Waals surface area contributed by atoms with E-state index in [0.29, 0.717) is 36.2 Å². The Morgan fingerprint density at radius 2 is 2.14 bits per heavy atom. The molecule has 0 aromatic heterocycles. The van der Waals surface area contributed by atoms with Crippen molar-refractivity contribution in [3.05, 3.63) is 23.8 Å². The van der Waals surface area contributed by atoms with Gasteiger partial charge < -0.3 is 20.1 Å². The first-order valence-electron chi connectivity index (χ1n) is 7.16. The summed E-state index contributed by atoms with van der Waals surface area (Å²) < 4.78 is 11.1. The monoisotopic (exact) mass is 312 g/mol. The van der Waals surface area contributed by atoms with Crippen molar-refractivity contribution in [3.8, 4) is 11.5 Å². The Bertz CT molecular complexity index is 510. The molecule has 0 bridgehead atoms. The van der Waals surface area contributed by atoms with Crippen molar-refractivity contribution in [3.63, 3.8) is 0 Å². The second-order valence-corrected chi connectivity index (χ2v) is 5.38. The molecule has 0 radical (unpaired) electrons. The number of ether oxygens (including phenoxy) is 2. The van der Waals surface area contributed by atoms with Crippen LogP contribution in [0.2, 0.25) is 0 Å². The third kappa shape index (κ3) is 3.41.